The van der Waals surface area contributed by atoms with Crippen LogP contribution in [0.15, 0.2) is 59.6 Å². The van der Waals surface area contributed by atoms with Crippen LogP contribution in [0.4, 0.5) is 10.1 Å². The number of halogens is 3. The number of hydrogen-bond donors (Lipinski definition) is 0. The van der Waals surface area contributed by atoms with Gasteiger partial charge in [-0.25, -0.2) is 9.38 Å². The van der Waals surface area contributed by atoms with Crippen molar-refractivity contribution in [3.63, 3.8) is 0 Å². The minimum Gasteiger partial charge on any atom is -0.354 e. The van der Waals surface area contributed by atoms with Crippen LogP contribution in [-0.4, -0.2) is 48.9 Å². The maximum Gasteiger partial charge on any atom is 0.136 e. The Kier molecular flexibility index (Phi) is 7.42. The van der Waals surface area contributed by atoms with E-state index in [9.17, 15) is 4.39 Å². The molecule has 1 fully saturated rings. The molecule has 2 aliphatic rings. The number of fused-ring (bicyclic) bond motifs is 1. The highest BCUT2D eigenvalue weighted by Crippen LogP contribution is 2.30. The normalized spacial score (nSPS) is 16.9. The van der Waals surface area contributed by atoms with Crippen LogP contribution in [0.1, 0.15) is 11.1 Å². The van der Waals surface area contributed by atoms with Crippen molar-refractivity contribution in [3.8, 4) is 0 Å². The van der Waals surface area contributed by atoms with Gasteiger partial charge in [0.1, 0.15) is 11.7 Å². The van der Waals surface area contributed by atoms with Crippen molar-refractivity contribution in [2.45, 2.75) is 6.42 Å². The van der Waals surface area contributed by atoms with Gasteiger partial charge in [-0.3, -0.25) is 0 Å². The first-order valence-corrected chi connectivity index (χ1v) is 8.77. The Morgan fingerprint density at radius 3 is 2.26 bits per heavy atom. The molecule has 6 heteroatoms. The molecule has 0 amide bonds. The van der Waals surface area contributed by atoms with E-state index < -0.39 is 0 Å². The summed E-state index contributed by atoms with van der Waals surface area (Å²) < 4.78 is 13.4. The standard InChI is InChI=1S/C21H22FN3.2ClH/c1-24-12-14-25(15-13-24)21-19(16-6-9-18(22)10-7-16)11-8-17-4-2-3-5-20(17)23-21;;/h2-7,9-11H,8,12-15H2,1H3;2*1H. The molecule has 0 radical (unpaired) electrons. The maximum atomic E-state index is 13.4. The third kappa shape index (κ3) is 4.70. The fourth-order valence-electron chi connectivity index (χ4n) is 3.41. The monoisotopic (exact) mass is 407 g/mol. The summed E-state index contributed by atoms with van der Waals surface area (Å²) in [5.41, 5.74) is 4.38. The Labute approximate surface area is 172 Å². The quantitative estimate of drug-likeness (QED) is 0.688. The molecule has 2 aliphatic heterocycles. The first-order valence-electron chi connectivity index (χ1n) is 8.77. The highest BCUT2D eigenvalue weighted by molar-refractivity contribution is 6.23. The van der Waals surface area contributed by atoms with Gasteiger partial charge < -0.3 is 9.80 Å². The van der Waals surface area contributed by atoms with E-state index in [1.165, 1.54) is 17.7 Å². The number of nitrogens with zero attached hydrogens (tertiary/aromatic N) is 3. The molecule has 0 aliphatic carbocycles. The summed E-state index contributed by atoms with van der Waals surface area (Å²) in [6, 6.07) is 15.0. The van der Waals surface area contributed by atoms with Gasteiger partial charge in [0, 0.05) is 31.8 Å². The van der Waals surface area contributed by atoms with Gasteiger partial charge >= 0.3 is 0 Å². The van der Waals surface area contributed by atoms with Crippen molar-refractivity contribution < 1.29 is 4.39 Å². The molecule has 2 heterocycles. The molecular formula is C21H24Cl2FN3. The SMILES string of the molecule is CN1CCN(C2=Nc3ccccc3CC=C2c2ccc(F)cc2)CC1.Cl.Cl. The highest BCUT2D eigenvalue weighted by Gasteiger charge is 2.23. The molecule has 0 unspecified atom stereocenters. The van der Waals surface area contributed by atoms with Crippen molar-refractivity contribution in [1.29, 1.82) is 0 Å². The molecule has 1 saturated heterocycles. The van der Waals surface area contributed by atoms with Crippen LogP contribution in [0, 0.1) is 5.82 Å². The highest BCUT2D eigenvalue weighted by atomic mass is 35.5. The summed E-state index contributed by atoms with van der Waals surface area (Å²) in [7, 11) is 2.15. The van der Waals surface area contributed by atoms with Crippen molar-refractivity contribution >= 4 is 41.9 Å². The van der Waals surface area contributed by atoms with Gasteiger partial charge in [-0.1, -0.05) is 36.4 Å². The second kappa shape index (κ2) is 9.36. The van der Waals surface area contributed by atoms with Crippen LogP contribution < -0.4 is 0 Å². The minimum absolute atomic E-state index is 0. The summed E-state index contributed by atoms with van der Waals surface area (Å²) in [5.74, 6) is 0.795. The zero-order valence-corrected chi connectivity index (χ0v) is 16.9. The van der Waals surface area contributed by atoms with E-state index in [-0.39, 0.29) is 30.6 Å². The number of likely N-dealkylation sites (N-methyl/N-ethyl adjacent to an activating group) is 1. The average Bonchev–Trinajstić information content (AvgIpc) is 2.83. The van der Waals surface area contributed by atoms with Gasteiger partial charge in [0.15, 0.2) is 0 Å². The molecule has 0 aromatic heterocycles. The molecule has 27 heavy (non-hydrogen) atoms. The smallest absolute Gasteiger partial charge is 0.136 e. The Morgan fingerprint density at radius 1 is 0.889 bits per heavy atom. The number of piperazine rings is 1. The lowest BCUT2D eigenvalue weighted by molar-refractivity contribution is 0.216. The summed E-state index contributed by atoms with van der Waals surface area (Å²) in [4.78, 5) is 9.72. The first kappa shape index (κ1) is 21.4. The third-order valence-corrected chi connectivity index (χ3v) is 4.94. The van der Waals surface area contributed by atoms with E-state index in [4.69, 9.17) is 4.99 Å². The average molecular weight is 408 g/mol. The first-order chi connectivity index (χ1) is 12.2. The van der Waals surface area contributed by atoms with Crippen LogP contribution in [-0.2, 0) is 6.42 Å². The van der Waals surface area contributed by atoms with Gasteiger partial charge in [-0.2, -0.15) is 0 Å². The van der Waals surface area contributed by atoms with E-state index in [0.29, 0.717) is 0 Å². The predicted octanol–water partition coefficient (Wildman–Crippen LogP) is 4.59. The van der Waals surface area contributed by atoms with Crippen molar-refractivity contribution in [2.24, 2.45) is 4.99 Å². The zero-order valence-electron chi connectivity index (χ0n) is 15.3. The fraction of sp³-hybridized carbons (Fsp3) is 0.286. The number of hydrogen-bond acceptors (Lipinski definition) is 3. The van der Waals surface area contributed by atoms with Crippen LogP contribution >= 0.6 is 24.8 Å². The summed E-state index contributed by atoms with van der Waals surface area (Å²) >= 11 is 0. The lowest BCUT2D eigenvalue weighted by Crippen LogP contribution is -2.47. The van der Waals surface area contributed by atoms with Gasteiger partial charge in [-0.05, 0) is 42.8 Å². The van der Waals surface area contributed by atoms with Gasteiger partial charge in [0.2, 0.25) is 0 Å². The Balaban J connectivity index is 0.00000131. The summed E-state index contributed by atoms with van der Waals surface area (Å²) in [6.45, 7) is 3.96. The predicted molar refractivity (Wildman–Crippen MR) is 115 cm³/mol. The van der Waals surface area contributed by atoms with Crippen LogP contribution in [0.3, 0.4) is 0 Å². The number of amidine groups is 1. The zero-order chi connectivity index (χ0) is 17.2. The molecule has 0 saturated carbocycles. The molecule has 0 atom stereocenters. The Bertz CT molecular complexity index is 826. The van der Waals surface area contributed by atoms with Gasteiger partial charge in [0.25, 0.3) is 0 Å². The fourth-order valence-corrected chi connectivity index (χ4v) is 3.41. The minimum atomic E-state index is -0.209. The Morgan fingerprint density at radius 2 is 1.56 bits per heavy atom. The molecule has 0 bridgehead atoms. The van der Waals surface area contributed by atoms with E-state index in [2.05, 4.69) is 41.1 Å². The van der Waals surface area contributed by atoms with Gasteiger partial charge in [-0.15, -0.1) is 24.8 Å². The molecule has 2 aromatic carbocycles. The second-order valence-electron chi connectivity index (χ2n) is 6.68. The number of benzene rings is 2. The molecule has 4 rings (SSSR count). The molecule has 0 N–H and O–H groups in total. The Hall–Kier alpha value is -1.88. The van der Waals surface area contributed by atoms with Crippen LogP contribution in [0.5, 0.6) is 0 Å². The maximum absolute atomic E-state index is 13.4. The number of aliphatic imine (C=N–C) groups is 1. The largest absolute Gasteiger partial charge is 0.354 e. The van der Waals surface area contributed by atoms with E-state index >= 15 is 0 Å². The lowest BCUT2D eigenvalue weighted by Gasteiger charge is -2.35. The number of para-hydroxylation sites is 1. The third-order valence-electron chi connectivity index (χ3n) is 4.94. The molecular weight excluding hydrogens is 384 g/mol. The summed E-state index contributed by atoms with van der Waals surface area (Å²) in [5, 5.41) is 0. The molecule has 144 valence electrons. The molecule has 3 nitrogen and oxygen atoms in total. The van der Waals surface area contributed by atoms with Crippen molar-refractivity contribution in [3.05, 3.63) is 71.6 Å². The van der Waals surface area contributed by atoms with E-state index in [1.807, 2.05) is 18.2 Å². The van der Waals surface area contributed by atoms with Gasteiger partial charge in [0.05, 0.1) is 5.69 Å². The second-order valence-corrected chi connectivity index (χ2v) is 6.68. The number of allylic oxidation sites excluding steroid dienone is 1. The van der Waals surface area contributed by atoms with E-state index in [0.717, 1.165) is 55.3 Å². The molecule has 2 aromatic rings. The van der Waals surface area contributed by atoms with Crippen LogP contribution in [0.25, 0.3) is 5.57 Å². The topological polar surface area (TPSA) is 18.8 Å². The molecule has 0 spiro atoms. The number of rotatable bonds is 1. The van der Waals surface area contributed by atoms with E-state index in [1.54, 1.807) is 0 Å². The van der Waals surface area contributed by atoms with Crippen molar-refractivity contribution in [2.75, 3.05) is 33.2 Å². The summed E-state index contributed by atoms with van der Waals surface area (Å²) in [6.07, 6.45) is 3.07. The van der Waals surface area contributed by atoms with Crippen molar-refractivity contribution in [1.82, 2.24) is 9.80 Å². The lowest BCUT2D eigenvalue weighted by atomic mass is 10.0. The van der Waals surface area contributed by atoms with Crippen LogP contribution in [0.2, 0.25) is 0 Å².